The smallest absolute Gasteiger partial charge is 0.227 e. The average Bonchev–Trinajstić information content (AvgIpc) is 2.25. The van der Waals surface area contributed by atoms with Gasteiger partial charge in [0.15, 0.2) is 0 Å². The van der Waals surface area contributed by atoms with Gasteiger partial charge in [0.05, 0.1) is 0 Å². The molecule has 0 aliphatic rings. The van der Waals surface area contributed by atoms with E-state index in [0.29, 0.717) is 0 Å². The third-order valence-corrected chi connectivity index (χ3v) is 2.47. The van der Waals surface area contributed by atoms with E-state index in [1.54, 1.807) is 17.3 Å². The summed E-state index contributed by atoms with van der Waals surface area (Å²) in [5.74, 6) is 0.182. The Kier molecular flexibility index (Phi) is 4.05. The second-order valence-electron chi connectivity index (χ2n) is 5.08. The number of hydrogen-bond donors (Lipinski definition) is 0. The lowest BCUT2D eigenvalue weighted by Gasteiger charge is -2.25. The number of rotatable bonds is 3. The molecule has 0 aliphatic carbocycles. The molecule has 0 N–H and O–H groups in total. The molecule has 0 aromatic carbocycles. The molecule has 1 amide bonds. The molecule has 0 atom stereocenters. The summed E-state index contributed by atoms with van der Waals surface area (Å²) in [6, 6.07) is 3.96. The van der Waals surface area contributed by atoms with Crippen molar-refractivity contribution >= 4 is 5.91 Å². The highest BCUT2D eigenvalue weighted by Gasteiger charge is 2.24. The average molecular weight is 220 g/mol. The summed E-state index contributed by atoms with van der Waals surface area (Å²) in [6.45, 7) is 6.58. The van der Waals surface area contributed by atoms with Crippen LogP contribution >= 0.6 is 0 Å². The molecular weight excluding hydrogens is 200 g/mol. The largest absolute Gasteiger partial charge is 0.345 e. The van der Waals surface area contributed by atoms with Crippen LogP contribution in [0.2, 0.25) is 0 Å². The van der Waals surface area contributed by atoms with E-state index >= 15 is 0 Å². The lowest BCUT2D eigenvalue weighted by molar-refractivity contribution is -0.138. The normalized spacial score (nSPS) is 11.2. The predicted molar refractivity (Wildman–Crippen MR) is 65.0 cm³/mol. The van der Waals surface area contributed by atoms with Gasteiger partial charge in [0.1, 0.15) is 0 Å². The second-order valence-corrected chi connectivity index (χ2v) is 5.08. The second kappa shape index (κ2) is 5.10. The van der Waals surface area contributed by atoms with Gasteiger partial charge in [-0.2, -0.15) is 0 Å². The maximum atomic E-state index is 11.9. The zero-order chi connectivity index (χ0) is 12.2. The number of carbonyl (C=O) groups is 1. The van der Waals surface area contributed by atoms with Crippen LogP contribution in [0.1, 0.15) is 26.3 Å². The Bertz CT molecular complexity index is 341. The lowest BCUT2D eigenvalue weighted by atomic mass is 9.95. The Morgan fingerprint density at radius 1 is 1.31 bits per heavy atom. The van der Waals surface area contributed by atoms with E-state index in [4.69, 9.17) is 0 Å². The van der Waals surface area contributed by atoms with Crippen molar-refractivity contribution in [2.24, 2.45) is 5.41 Å². The van der Waals surface area contributed by atoms with Crippen LogP contribution in [0.3, 0.4) is 0 Å². The summed E-state index contributed by atoms with van der Waals surface area (Å²) in [7, 11) is 1.86. The highest BCUT2D eigenvalue weighted by molar-refractivity contribution is 5.81. The fourth-order valence-electron chi connectivity index (χ4n) is 1.52. The third kappa shape index (κ3) is 3.65. The van der Waals surface area contributed by atoms with E-state index in [2.05, 4.69) is 4.98 Å². The maximum Gasteiger partial charge on any atom is 0.227 e. The Morgan fingerprint density at radius 2 is 1.88 bits per heavy atom. The highest BCUT2D eigenvalue weighted by Crippen LogP contribution is 2.16. The van der Waals surface area contributed by atoms with Gasteiger partial charge in [0, 0.05) is 31.4 Å². The number of hydrogen-bond acceptors (Lipinski definition) is 2. The molecule has 0 spiro atoms. The zero-order valence-corrected chi connectivity index (χ0v) is 10.5. The Hall–Kier alpha value is -1.38. The van der Waals surface area contributed by atoms with Crippen molar-refractivity contribution in [1.29, 1.82) is 0 Å². The first-order valence-corrected chi connectivity index (χ1v) is 5.56. The summed E-state index contributed by atoms with van der Waals surface area (Å²) >= 11 is 0. The van der Waals surface area contributed by atoms with Gasteiger partial charge >= 0.3 is 0 Å². The summed E-state index contributed by atoms with van der Waals surface area (Å²) in [5, 5.41) is 0. The molecule has 0 unspecified atom stereocenters. The maximum absolute atomic E-state index is 11.9. The number of carbonyl (C=O) groups excluding carboxylic acids is 1. The lowest BCUT2D eigenvalue weighted by Crippen LogP contribution is -2.37. The SMILES string of the molecule is CN(CCc1ccncc1)C(=O)C(C)(C)C. The summed E-state index contributed by atoms with van der Waals surface area (Å²) in [5.41, 5.74) is 0.913. The van der Waals surface area contributed by atoms with E-state index in [1.807, 2.05) is 40.0 Å². The van der Waals surface area contributed by atoms with Crippen molar-refractivity contribution in [2.45, 2.75) is 27.2 Å². The molecular formula is C13H20N2O. The van der Waals surface area contributed by atoms with Gasteiger partial charge in [-0.3, -0.25) is 9.78 Å². The van der Waals surface area contributed by atoms with Crippen molar-refractivity contribution < 1.29 is 4.79 Å². The van der Waals surface area contributed by atoms with Gasteiger partial charge in [-0.05, 0) is 24.1 Å². The van der Waals surface area contributed by atoms with E-state index in [9.17, 15) is 4.79 Å². The molecule has 1 heterocycles. The van der Waals surface area contributed by atoms with Crippen molar-refractivity contribution in [3.63, 3.8) is 0 Å². The fourth-order valence-corrected chi connectivity index (χ4v) is 1.52. The molecule has 16 heavy (non-hydrogen) atoms. The standard InChI is InChI=1S/C13H20N2O/c1-13(2,3)12(16)15(4)10-7-11-5-8-14-9-6-11/h5-6,8-9H,7,10H2,1-4H3. The van der Waals surface area contributed by atoms with E-state index in [1.165, 1.54) is 5.56 Å². The van der Waals surface area contributed by atoms with Crippen LogP contribution in [0.15, 0.2) is 24.5 Å². The molecule has 3 nitrogen and oxygen atoms in total. The van der Waals surface area contributed by atoms with E-state index in [0.717, 1.165) is 13.0 Å². The fraction of sp³-hybridized carbons (Fsp3) is 0.538. The molecule has 88 valence electrons. The molecule has 0 aliphatic heterocycles. The number of amides is 1. The van der Waals surface area contributed by atoms with Crippen molar-refractivity contribution in [1.82, 2.24) is 9.88 Å². The summed E-state index contributed by atoms with van der Waals surface area (Å²) < 4.78 is 0. The Morgan fingerprint density at radius 3 is 2.38 bits per heavy atom. The van der Waals surface area contributed by atoms with Gasteiger partial charge in [0.25, 0.3) is 0 Å². The molecule has 1 aromatic rings. The molecule has 1 rings (SSSR count). The van der Waals surface area contributed by atoms with Crippen LogP contribution in [0, 0.1) is 5.41 Å². The van der Waals surface area contributed by atoms with Crippen molar-refractivity contribution in [3.05, 3.63) is 30.1 Å². The molecule has 0 saturated carbocycles. The van der Waals surface area contributed by atoms with Crippen molar-refractivity contribution in [3.8, 4) is 0 Å². The molecule has 1 aromatic heterocycles. The van der Waals surface area contributed by atoms with Gasteiger partial charge in [-0.25, -0.2) is 0 Å². The first-order chi connectivity index (χ1) is 7.41. The van der Waals surface area contributed by atoms with E-state index < -0.39 is 0 Å². The van der Waals surface area contributed by atoms with Crippen LogP contribution in [0.5, 0.6) is 0 Å². The van der Waals surface area contributed by atoms with Crippen LogP contribution in [0.25, 0.3) is 0 Å². The number of pyridine rings is 1. The van der Waals surface area contributed by atoms with Gasteiger partial charge in [0.2, 0.25) is 5.91 Å². The van der Waals surface area contributed by atoms with Gasteiger partial charge in [-0.15, -0.1) is 0 Å². The minimum Gasteiger partial charge on any atom is -0.345 e. The first kappa shape index (κ1) is 12.7. The minimum atomic E-state index is -0.299. The van der Waals surface area contributed by atoms with Crippen LogP contribution in [-0.2, 0) is 11.2 Å². The topological polar surface area (TPSA) is 33.2 Å². The molecule has 0 fully saturated rings. The van der Waals surface area contributed by atoms with Crippen LogP contribution < -0.4 is 0 Å². The highest BCUT2D eigenvalue weighted by atomic mass is 16.2. The van der Waals surface area contributed by atoms with E-state index in [-0.39, 0.29) is 11.3 Å². The zero-order valence-electron chi connectivity index (χ0n) is 10.5. The minimum absolute atomic E-state index is 0.182. The summed E-state index contributed by atoms with van der Waals surface area (Å²) in [4.78, 5) is 17.7. The Balaban J connectivity index is 2.48. The number of aromatic nitrogens is 1. The van der Waals surface area contributed by atoms with Gasteiger partial charge in [-0.1, -0.05) is 20.8 Å². The first-order valence-electron chi connectivity index (χ1n) is 5.56. The van der Waals surface area contributed by atoms with Gasteiger partial charge < -0.3 is 4.90 Å². The number of nitrogens with zero attached hydrogens (tertiary/aromatic N) is 2. The van der Waals surface area contributed by atoms with Crippen molar-refractivity contribution in [2.75, 3.05) is 13.6 Å². The number of likely N-dealkylation sites (N-methyl/N-ethyl adjacent to an activating group) is 1. The predicted octanol–water partition coefficient (Wildman–Crippen LogP) is 2.13. The molecule has 0 saturated heterocycles. The summed E-state index contributed by atoms with van der Waals surface area (Å²) in [6.07, 6.45) is 4.43. The molecule has 3 heteroatoms. The quantitative estimate of drug-likeness (QED) is 0.781. The van der Waals surface area contributed by atoms with Crippen LogP contribution in [0.4, 0.5) is 0 Å². The Labute approximate surface area is 97.5 Å². The third-order valence-electron chi connectivity index (χ3n) is 2.47. The molecule has 0 radical (unpaired) electrons. The molecule has 0 bridgehead atoms. The van der Waals surface area contributed by atoms with Crippen LogP contribution in [-0.4, -0.2) is 29.4 Å². The monoisotopic (exact) mass is 220 g/mol.